The number of aliphatic hydroxyl groups is 1. The monoisotopic (exact) mass is 388 g/mol. The second-order valence-corrected chi connectivity index (χ2v) is 7.42. The molecule has 146 valence electrons. The SMILES string of the molecule is Cc1ccc(-c2cccc(C(F)(F)F)c2)cc1C1=C(O)C2(CCCC2)OC1=O. The average Bonchev–Trinajstić information content (AvgIpc) is 3.21. The van der Waals surface area contributed by atoms with Gasteiger partial charge in [0.2, 0.25) is 0 Å². The van der Waals surface area contributed by atoms with E-state index in [0.29, 0.717) is 29.5 Å². The van der Waals surface area contributed by atoms with Gasteiger partial charge in [0, 0.05) is 0 Å². The van der Waals surface area contributed by atoms with Crippen LogP contribution < -0.4 is 0 Å². The van der Waals surface area contributed by atoms with Crippen LogP contribution in [0.15, 0.2) is 48.2 Å². The first-order chi connectivity index (χ1) is 13.2. The summed E-state index contributed by atoms with van der Waals surface area (Å²) in [5.74, 6) is -0.636. The fraction of sp³-hybridized carbons (Fsp3) is 0.318. The van der Waals surface area contributed by atoms with Gasteiger partial charge in [-0.15, -0.1) is 0 Å². The number of carbonyl (C=O) groups excluding carboxylic acids is 1. The zero-order valence-electron chi connectivity index (χ0n) is 15.3. The predicted octanol–water partition coefficient (Wildman–Crippen LogP) is 5.82. The maximum atomic E-state index is 13.0. The van der Waals surface area contributed by atoms with Gasteiger partial charge in [0.15, 0.2) is 11.4 Å². The minimum Gasteiger partial charge on any atom is -0.507 e. The Kier molecular flexibility index (Phi) is 4.25. The number of hydrogen-bond donors (Lipinski definition) is 1. The molecule has 4 rings (SSSR count). The highest BCUT2D eigenvalue weighted by molar-refractivity contribution is 6.20. The lowest BCUT2D eigenvalue weighted by atomic mass is 9.91. The first-order valence-electron chi connectivity index (χ1n) is 9.17. The summed E-state index contributed by atoms with van der Waals surface area (Å²) in [6.07, 6.45) is -1.53. The second kappa shape index (κ2) is 6.40. The van der Waals surface area contributed by atoms with E-state index in [9.17, 15) is 23.1 Å². The number of hydrogen-bond acceptors (Lipinski definition) is 3. The van der Waals surface area contributed by atoms with Crippen LogP contribution in [0, 0.1) is 6.92 Å². The topological polar surface area (TPSA) is 46.5 Å². The van der Waals surface area contributed by atoms with E-state index in [-0.39, 0.29) is 11.3 Å². The fourth-order valence-corrected chi connectivity index (χ4v) is 4.07. The standard InChI is InChI=1S/C22H19F3O3/c1-13-7-8-15(14-5-4-6-16(11-14)22(23,24)25)12-17(13)18-19(26)21(28-20(18)27)9-2-3-10-21/h4-8,11-12,26H,2-3,9-10H2,1H3. The average molecular weight is 388 g/mol. The molecule has 0 unspecified atom stereocenters. The highest BCUT2D eigenvalue weighted by Crippen LogP contribution is 2.47. The van der Waals surface area contributed by atoms with Crippen molar-refractivity contribution in [1.82, 2.24) is 0 Å². The van der Waals surface area contributed by atoms with Crippen molar-refractivity contribution in [3.05, 3.63) is 64.9 Å². The molecule has 0 atom stereocenters. The first-order valence-corrected chi connectivity index (χ1v) is 9.17. The molecule has 1 N–H and O–H groups in total. The van der Waals surface area contributed by atoms with Crippen molar-refractivity contribution in [2.24, 2.45) is 0 Å². The number of esters is 1. The Labute approximate surface area is 160 Å². The van der Waals surface area contributed by atoms with Crippen molar-refractivity contribution in [2.45, 2.75) is 44.4 Å². The molecule has 2 aliphatic rings. The molecule has 0 radical (unpaired) electrons. The number of aliphatic hydroxyl groups excluding tert-OH is 1. The van der Waals surface area contributed by atoms with Crippen molar-refractivity contribution in [3.8, 4) is 11.1 Å². The van der Waals surface area contributed by atoms with E-state index in [2.05, 4.69) is 0 Å². The molecule has 6 heteroatoms. The summed E-state index contributed by atoms with van der Waals surface area (Å²) >= 11 is 0. The third kappa shape index (κ3) is 2.97. The lowest BCUT2D eigenvalue weighted by molar-refractivity contribution is -0.146. The van der Waals surface area contributed by atoms with Crippen LogP contribution in [-0.4, -0.2) is 16.7 Å². The summed E-state index contributed by atoms with van der Waals surface area (Å²) in [5, 5.41) is 10.8. The second-order valence-electron chi connectivity index (χ2n) is 7.42. The Balaban J connectivity index is 1.81. The van der Waals surface area contributed by atoms with Gasteiger partial charge in [-0.3, -0.25) is 0 Å². The maximum Gasteiger partial charge on any atom is 0.416 e. The van der Waals surface area contributed by atoms with Crippen molar-refractivity contribution in [3.63, 3.8) is 0 Å². The van der Waals surface area contributed by atoms with Gasteiger partial charge < -0.3 is 9.84 Å². The van der Waals surface area contributed by atoms with Gasteiger partial charge in [0.25, 0.3) is 0 Å². The lowest BCUT2D eigenvalue weighted by Crippen LogP contribution is -2.27. The van der Waals surface area contributed by atoms with E-state index in [1.807, 2.05) is 0 Å². The normalized spacial score (nSPS) is 18.8. The van der Waals surface area contributed by atoms with E-state index in [1.54, 1.807) is 31.2 Å². The molecule has 0 aromatic heterocycles. The van der Waals surface area contributed by atoms with Crippen LogP contribution in [0.25, 0.3) is 16.7 Å². The molecule has 0 saturated heterocycles. The maximum absolute atomic E-state index is 13.0. The van der Waals surface area contributed by atoms with Crippen LogP contribution in [0.5, 0.6) is 0 Å². The van der Waals surface area contributed by atoms with Crippen molar-refractivity contribution < 1.29 is 27.8 Å². The van der Waals surface area contributed by atoms with Crippen LogP contribution in [0.1, 0.15) is 42.4 Å². The van der Waals surface area contributed by atoms with E-state index in [1.165, 1.54) is 6.07 Å². The van der Waals surface area contributed by atoms with Crippen molar-refractivity contribution in [2.75, 3.05) is 0 Å². The number of rotatable bonds is 2. The molecule has 1 fully saturated rings. The number of benzene rings is 2. The number of carbonyl (C=O) groups is 1. The molecule has 1 aliphatic carbocycles. The molecule has 1 spiro atoms. The van der Waals surface area contributed by atoms with Crippen LogP contribution in [-0.2, 0) is 15.7 Å². The minimum atomic E-state index is -4.44. The quantitative estimate of drug-likeness (QED) is 0.660. The lowest BCUT2D eigenvalue weighted by Gasteiger charge is -2.21. The van der Waals surface area contributed by atoms with Crippen LogP contribution in [0.2, 0.25) is 0 Å². The third-order valence-electron chi connectivity index (χ3n) is 5.60. The molecule has 1 saturated carbocycles. The van der Waals surface area contributed by atoms with Crippen molar-refractivity contribution in [1.29, 1.82) is 0 Å². The largest absolute Gasteiger partial charge is 0.507 e. The number of halogens is 3. The zero-order valence-corrected chi connectivity index (χ0v) is 15.3. The molecule has 2 aromatic rings. The molecule has 0 bridgehead atoms. The Hall–Kier alpha value is -2.76. The van der Waals surface area contributed by atoms with Gasteiger partial charge >= 0.3 is 12.1 Å². The van der Waals surface area contributed by atoms with E-state index < -0.39 is 23.3 Å². The van der Waals surface area contributed by atoms with Gasteiger partial charge in [0.05, 0.1) is 5.56 Å². The minimum absolute atomic E-state index is 0.0562. The Morgan fingerprint density at radius 2 is 1.71 bits per heavy atom. The molecule has 2 aromatic carbocycles. The van der Waals surface area contributed by atoms with E-state index in [0.717, 1.165) is 30.5 Å². The number of alkyl halides is 3. The molecule has 1 aliphatic heterocycles. The van der Waals surface area contributed by atoms with Crippen LogP contribution >= 0.6 is 0 Å². The summed E-state index contributed by atoms with van der Waals surface area (Å²) in [7, 11) is 0. The van der Waals surface area contributed by atoms with Gasteiger partial charge in [-0.1, -0.05) is 24.3 Å². The summed E-state index contributed by atoms with van der Waals surface area (Å²) in [4.78, 5) is 12.5. The van der Waals surface area contributed by atoms with Crippen LogP contribution in [0.4, 0.5) is 13.2 Å². The fourth-order valence-electron chi connectivity index (χ4n) is 4.07. The molecule has 1 heterocycles. The van der Waals surface area contributed by atoms with E-state index >= 15 is 0 Å². The van der Waals surface area contributed by atoms with Crippen molar-refractivity contribution >= 4 is 11.5 Å². The first kappa shape index (κ1) is 18.6. The predicted molar refractivity (Wildman–Crippen MR) is 98.5 cm³/mol. The van der Waals surface area contributed by atoms with Crippen LogP contribution in [0.3, 0.4) is 0 Å². The number of ether oxygens (including phenoxy) is 1. The Bertz CT molecular complexity index is 983. The Morgan fingerprint density at radius 1 is 1.04 bits per heavy atom. The Morgan fingerprint density at radius 3 is 2.39 bits per heavy atom. The van der Waals surface area contributed by atoms with E-state index in [4.69, 9.17) is 4.74 Å². The highest BCUT2D eigenvalue weighted by Gasteiger charge is 2.50. The molecular weight excluding hydrogens is 369 g/mol. The summed E-state index contributed by atoms with van der Waals surface area (Å²) in [5.41, 5.74) is 0.591. The summed E-state index contributed by atoms with van der Waals surface area (Å²) in [6, 6.07) is 10.1. The molecule has 3 nitrogen and oxygen atoms in total. The summed E-state index contributed by atoms with van der Waals surface area (Å²) < 4.78 is 44.7. The zero-order chi connectivity index (χ0) is 20.1. The molecule has 0 amide bonds. The third-order valence-corrected chi connectivity index (χ3v) is 5.60. The van der Waals surface area contributed by atoms with Gasteiger partial charge in [-0.2, -0.15) is 13.2 Å². The smallest absolute Gasteiger partial charge is 0.416 e. The molecular formula is C22H19F3O3. The van der Waals surface area contributed by atoms with Gasteiger partial charge in [-0.05, 0) is 73.1 Å². The number of aryl methyl sites for hydroxylation is 1. The van der Waals surface area contributed by atoms with Gasteiger partial charge in [-0.25, -0.2) is 4.79 Å². The molecule has 28 heavy (non-hydrogen) atoms. The highest BCUT2D eigenvalue weighted by atomic mass is 19.4. The summed E-state index contributed by atoms with van der Waals surface area (Å²) in [6.45, 7) is 1.79. The van der Waals surface area contributed by atoms with Gasteiger partial charge in [0.1, 0.15) is 5.57 Å².